The Labute approximate surface area is 179 Å². The van der Waals surface area contributed by atoms with Crippen LogP contribution in [0.2, 0.25) is 0 Å². The van der Waals surface area contributed by atoms with Crippen LogP contribution in [0, 0.1) is 5.92 Å². The van der Waals surface area contributed by atoms with Gasteiger partial charge in [0.25, 0.3) is 0 Å². The molecule has 4 heteroatoms. The Balaban J connectivity index is 1.18. The minimum absolute atomic E-state index is 0.110. The summed E-state index contributed by atoms with van der Waals surface area (Å²) in [7, 11) is 0. The summed E-state index contributed by atoms with van der Waals surface area (Å²) in [5.41, 5.74) is 4.56. The number of rotatable bonds is 7. The normalized spacial score (nSPS) is 15.1. The van der Waals surface area contributed by atoms with Crippen LogP contribution in [-0.4, -0.2) is 35.4 Å². The highest BCUT2D eigenvalue weighted by Crippen LogP contribution is 2.20. The second-order valence-electron chi connectivity index (χ2n) is 8.08. The van der Waals surface area contributed by atoms with Gasteiger partial charge in [-0.15, -0.1) is 0 Å². The van der Waals surface area contributed by atoms with Crippen LogP contribution >= 0.6 is 0 Å². The third-order valence-corrected chi connectivity index (χ3v) is 5.83. The number of pyridine rings is 1. The Morgan fingerprint density at radius 2 is 1.60 bits per heavy atom. The minimum Gasteiger partial charge on any atom is -0.356 e. The highest BCUT2D eigenvalue weighted by Gasteiger charge is 2.20. The summed E-state index contributed by atoms with van der Waals surface area (Å²) in [6.07, 6.45) is 4.54. The Morgan fingerprint density at radius 3 is 2.30 bits per heavy atom. The summed E-state index contributed by atoms with van der Waals surface area (Å²) in [6.45, 7) is 3.83. The number of nitrogens with zero attached hydrogens (tertiary/aromatic N) is 2. The van der Waals surface area contributed by atoms with E-state index >= 15 is 0 Å². The molecule has 3 aromatic rings. The Hall–Kier alpha value is -2.98. The van der Waals surface area contributed by atoms with Crippen LogP contribution in [0.4, 0.5) is 0 Å². The van der Waals surface area contributed by atoms with Gasteiger partial charge in [-0.05, 0) is 60.7 Å². The lowest BCUT2D eigenvalue weighted by Gasteiger charge is -2.31. The monoisotopic (exact) mass is 399 g/mol. The van der Waals surface area contributed by atoms with Gasteiger partial charge < -0.3 is 5.32 Å². The van der Waals surface area contributed by atoms with Gasteiger partial charge >= 0.3 is 0 Å². The molecule has 1 aliphatic heterocycles. The standard InChI is InChI=1S/C26H29N3O/c30-26(18-21-9-11-24(12-10-21)23-6-2-1-3-7-23)28-19-22-13-16-29(17-14-22)20-25-8-4-5-15-27-25/h1-12,15,22H,13-14,16-20H2,(H,28,30). The molecule has 2 aromatic carbocycles. The number of carbonyl (C=O) groups excluding carboxylic acids is 1. The SMILES string of the molecule is O=C(Cc1ccc(-c2ccccc2)cc1)NCC1CCN(Cc2ccccn2)CC1. The van der Waals surface area contributed by atoms with E-state index in [2.05, 4.69) is 57.7 Å². The summed E-state index contributed by atoms with van der Waals surface area (Å²) in [5.74, 6) is 0.674. The van der Waals surface area contributed by atoms with Crippen molar-refractivity contribution in [2.45, 2.75) is 25.8 Å². The predicted molar refractivity (Wildman–Crippen MR) is 121 cm³/mol. The fourth-order valence-corrected chi connectivity index (χ4v) is 4.02. The molecule has 154 valence electrons. The first-order chi connectivity index (χ1) is 14.8. The quantitative estimate of drug-likeness (QED) is 0.644. The largest absolute Gasteiger partial charge is 0.356 e. The molecule has 2 heterocycles. The van der Waals surface area contributed by atoms with E-state index in [0.717, 1.165) is 50.3 Å². The fraction of sp³-hybridized carbons (Fsp3) is 0.308. The van der Waals surface area contributed by atoms with Gasteiger partial charge in [0, 0.05) is 19.3 Å². The van der Waals surface area contributed by atoms with E-state index in [9.17, 15) is 4.79 Å². The number of aromatic nitrogens is 1. The molecular formula is C26H29N3O. The van der Waals surface area contributed by atoms with Crippen molar-refractivity contribution in [3.8, 4) is 11.1 Å². The lowest BCUT2D eigenvalue weighted by Crippen LogP contribution is -2.38. The molecule has 30 heavy (non-hydrogen) atoms. The first kappa shape index (κ1) is 20.3. The van der Waals surface area contributed by atoms with Gasteiger partial charge in [0.05, 0.1) is 12.1 Å². The maximum atomic E-state index is 12.4. The second-order valence-corrected chi connectivity index (χ2v) is 8.08. The first-order valence-corrected chi connectivity index (χ1v) is 10.8. The van der Waals surface area contributed by atoms with E-state index < -0.39 is 0 Å². The van der Waals surface area contributed by atoms with Crippen molar-refractivity contribution >= 4 is 5.91 Å². The van der Waals surface area contributed by atoms with Crippen LogP contribution < -0.4 is 5.32 Å². The van der Waals surface area contributed by atoms with Crippen molar-refractivity contribution in [1.82, 2.24) is 15.2 Å². The molecule has 4 rings (SSSR count). The molecule has 1 N–H and O–H groups in total. The maximum absolute atomic E-state index is 12.4. The molecule has 0 saturated carbocycles. The van der Waals surface area contributed by atoms with Crippen molar-refractivity contribution in [2.24, 2.45) is 5.92 Å². The highest BCUT2D eigenvalue weighted by molar-refractivity contribution is 5.78. The smallest absolute Gasteiger partial charge is 0.224 e. The van der Waals surface area contributed by atoms with E-state index in [1.165, 1.54) is 11.1 Å². The van der Waals surface area contributed by atoms with E-state index in [0.29, 0.717) is 12.3 Å². The third kappa shape index (κ3) is 5.77. The van der Waals surface area contributed by atoms with Crippen LogP contribution in [-0.2, 0) is 17.8 Å². The zero-order chi connectivity index (χ0) is 20.6. The van der Waals surface area contributed by atoms with E-state index in [-0.39, 0.29) is 5.91 Å². The molecule has 0 unspecified atom stereocenters. The molecule has 1 aromatic heterocycles. The van der Waals surface area contributed by atoms with E-state index in [4.69, 9.17) is 0 Å². The van der Waals surface area contributed by atoms with Crippen LogP contribution in [0.25, 0.3) is 11.1 Å². The van der Waals surface area contributed by atoms with E-state index in [1.54, 1.807) is 0 Å². The average molecular weight is 400 g/mol. The lowest BCUT2D eigenvalue weighted by atomic mass is 9.96. The summed E-state index contributed by atoms with van der Waals surface area (Å²) in [6, 6.07) is 24.7. The lowest BCUT2D eigenvalue weighted by molar-refractivity contribution is -0.120. The third-order valence-electron chi connectivity index (χ3n) is 5.83. The molecule has 1 amide bonds. The molecule has 1 saturated heterocycles. The molecular weight excluding hydrogens is 370 g/mol. The van der Waals surface area contributed by atoms with Gasteiger partial charge in [-0.25, -0.2) is 0 Å². The van der Waals surface area contributed by atoms with Crippen molar-refractivity contribution < 1.29 is 4.79 Å². The summed E-state index contributed by atoms with van der Waals surface area (Å²) in [4.78, 5) is 19.3. The molecule has 0 aliphatic carbocycles. The van der Waals surface area contributed by atoms with Crippen LogP contribution in [0.15, 0.2) is 79.0 Å². The van der Waals surface area contributed by atoms with Crippen molar-refractivity contribution in [3.05, 3.63) is 90.3 Å². The second kappa shape index (κ2) is 10.2. The van der Waals surface area contributed by atoms with Gasteiger partial charge in [-0.3, -0.25) is 14.7 Å². The van der Waals surface area contributed by atoms with Gasteiger partial charge in [0.1, 0.15) is 0 Å². The summed E-state index contributed by atoms with van der Waals surface area (Å²) < 4.78 is 0. The van der Waals surface area contributed by atoms with Crippen molar-refractivity contribution in [2.75, 3.05) is 19.6 Å². The Morgan fingerprint density at radius 1 is 0.900 bits per heavy atom. The molecule has 0 spiro atoms. The Kier molecular flexibility index (Phi) is 6.88. The van der Waals surface area contributed by atoms with Crippen molar-refractivity contribution in [1.29, 1.82) is 0 Å². The summed E-state index contributed by atoms with van der Waals surface area (Å²) >= 11 is 0. The summed E-state index contributed by atoms with van der Waals surface area (Å²) in [5, 5.41) is 3.14. The number of amides is 1. The maximum Gasteiger partial charge on any atom is 0.224 e. The van der Waals surface area contributed by atoms with Crippen LogP contribution in [0.3, 0.4) is 0 Å². The van der Waals surface area contributed by atoms with Crippen LogP contribution in [0.5, 0.6) is 0 Å². The number of likely N-dealkylation sites (tertiary alicyclic amines) is 1. The number of carbonyl (C=O) groups is 1. The first-order valence-electron chi connectivity index (χ1n) is 10.8. The molecule has 0 atom stereocenters. The van der Waals surface area contributed by atoms with Crippen molar-refractivity contribution in [3.63, 3.8) is 0 Å². The fourth-order valence-electron chi connectivity index (χ4n) is 4.02. The molecule has 4 nitrogen and oxygen atoms in total. The number of piperidine rings is 1. The van der Waals surface area contributed by atoms with Gasteiger partial charge in [-0.2, -0.15) is 0 Å². The minimum atomic E-state index is 0.110. The van der Waals surface area contributed by atoms with E-state index in [1.807, 2.05) is 36.5 Å². The topological polar surface area (TPSA) is 45.2 Å². The number of hydrogen-bond acceptors (Lipinski definition) is 3. The Bertz CT molecular complexity index is 918. The molecule has 0 bridgehead atoms. The highest BCUT2D eigenvalue weighted by atomic mass is 16.1. The van der Waals surface area contributed by atoms with Gasteiger partial charge in [-0.1, -0.05) is 60.7 Å². The average Bonchev–Trinajstić information content (AvgIpc) is 2.80. The van der Waals surface area contributed by atoms with Crippen LogP contribution in [0.1, 0.15) is 24.1 Å². The zero-order valence-electron chi connectivity index (χ0n) is 17.3. The van der Waals surface area contributed by atoms with Gasteiger partial charge in [0.2, 0.25) is 5.91 Å². The molecule has 1 fully saturated rings. The van der Waals surface area contributed by atoms with Gasteiger partial charge in [0.15, 0.2) is 0 Å². The predicted octanol–water partition coefficient (Wildman–Crippen LogP) is 4.32. The molecule has 1 aliphatic rings. The number of benzene rings is 2. The number of nitrogens with one attached hydrogen (secondary N) is 1. The zero-order valence-corrected chi connectivity index (χ0v) is 17.3. The molecule has 0 radical (unpaired) electrons. The number of hydrogen-bond donors (Lipinski definition) is 1.